The van der Waals surface area contributed by atoms with Crippen LogP contribution in [0.5, 0.6) is 0 Å². The van der Waals surface area contributed by atoms with Crippen LogP contribution >= 0.6 is 11.3 Å². The van der Waals surface area contributed by atoms with E-state index in [0.717, 1.165) is 40.0 Å². The standard InChI is InChI=1S/C24H19N3O2S/c28-23(18-8-10-20-22(14-18)30-15-25-20)26-19-9-11-21-17(13-19)7-4-12-27(21)24(29)16-5-2-1-3-6-16/h1-3,5-6,8-11,13-15H,4,7,12H2,(H,26,28). The molecule has 0 spiro atoms. The molecule has 2 amide bonds. The summed E-state index contributed by atoms with van der Waals surface area (Å²) in [5, 5.41) is 2.98. The lowest BCUT2D eigenvalue weighted by atomic mass is 10.00. The first-order valence-electron chi connectivity index (χ1n) is 9.83. The van der Waals surface area contributed by atoms with E-state index >= 15 is 0 Å². The topological polar surface area (TPSA) is 62.3 Å². The van der Waals surface area contributed by atoms with Gasteiger partial charge in [-0.2, -0.15) is 0 Å². The van der Waals surface area contributed by atoms with Crippen LogP contribution in [0.15, 0.2) is 72.2 Å². The van der Waals surface area contributed by atoms with Crippen LogP contribution in [0, 0.1) is 0 Å². The summed E-state index contributed by atoms with van der Waals surface area (Å²) in [6.45, 7) is 0.696. The molecule has 5 nitrogen and oxygen atoms in total. The average molecular weight is 414 g/mol. The van der Waals surface area contributed by atoms with Crippen LogP contribution < -0.4 is 10.2 Å². The predicted octanol–water partition coefficient (Wildman–Crippen LogP) is 5.14. The van der Waals surface area contributed by atoms with Crippen molar-refractivity contribution < 1.29 is 9.59 Å². The molecule has 0 atom stereocenters. The molecule has 3 aromatic carbocycles. The summed E-state index contributed by atoms with van der Waals surface area (Å²) in [6.07, 6.45) is 1.77. The van der Waals surface area contributed by atoms with E-state index in [9.17, 15) is 9.59 Å². The summed E-state index contributed by atoms with van der Waals surface area (Å²) in [5.74, 6) is -0.149. The number of nitrogens with zero attached hydrogens (tertiary/aromatic N) is 2. The third kappa shape index (κ3) is 3.46. The molecular weight excluding hydrogens is 394 g/mol. The Kier molecular flexibility index (Phi) is 4.77. The Morgan fingerprint density at radius 1 is 0.967 bits per heavy atom. The molecule has 0 radical (unpaired) electrons. The third-order valence-electron chi connectivity index (χ3n) is 5.32. The second-order valence-electron chi connectivity index (χ2n) is 7.26. The molecule has 0 bridgehead atoms. The number of rotatable bonds is 3. The first kappa shape index (κ1) is 18.5. The molecule has 2 heterocycles. The van der Waals surface area contributed by atoms with E-state index in [2.05, 4.69) is 10.3 Å². The molecule has 1 aromatic heterocycles. The zero-order chi connectivity index (χ0) is 20.5. The Morgan fingerprint density at radius 2 is 1.83 bits per heavy atom. The summed E-state index contributed by atoms with van der Waals surface area (Å²) in [7, 11) is 0. The van der Waals surface area contributed by atoms with E-state index < -0.39 is 0 Å². The molecule has 5 rings (SSSR count). The van der Waals surface area contributed by atoms with Crippen molar-refractivity contribution in [1.82, 2.24) is 4.98 Å². The molecule has 4 aromatic rings. The van der Waals surface area contributed by atoms with E-state index in [1.807, 2.05) is 65.6 Å². The molecule has 148 valence electrons. The van der Waals surface area contributed by atoms with Crippen LogP contribution in [-0.2, 0) is 6.42 Å². The Morgan fingerprint density at radius 3 is 2.70 bits per heavy atom. The number of aryl methyl sites for hydroxylation is 1. The van der Waals surface area contributed by atoms with E-state index in [0.29, 0.717) is 17.7 Å². The maximum atomic E-state index is 12.9. The van der Waals surface area contributed by atoms with Crippen molar-refractivity contribution in [2.45, 2.75) is 12.8 Å². The molecule has 0 unspecified atom stereocenters. The quantitative estimate of drug-likeness (QED) is 0.506. The lowest BCUT2D eigenvalue weighted by Gasteiger charge is -2.30. The molecule has 30 heavy (non-hydrogen) atoms. The minimum atomic E-state index is -0.154. The molecule has 0 saturated heterocycles. The van der Waals surface area contributed by atoms with Crippen LogP contribution in [0.2, 0.25) is 0 Å². The molecule has 6 heteroatoms. The fourth-order valence-corrected chi connectivity index (χ4v) is 4.54. The number of benzene rings is 3. The number of anilines is 2. The lowest BCUT2D eigenvalue weighted by molar-refractivity contribution is 0.0983. The highest BCUT2D eigenvalue weighted by Crippen LogP contribution is 2.31. The van der Waals surface area contributed by atoms with Crippen molar-refractivity contribution in [3.05, 3.63) is 88.9 Å². The van der Waals surface area contributed by atoms with Crippen molar-refractivity contribution in [1.29, 1.82) is 0 Å². The highest BCUT2D eigenvalue weighted by atomic mass is 32.1. The van der Waals surface area contributed by atoms with Crippen LogP contribution in [0.1, 0.15) is 32.7 Å². The van der Waals surface area contributed by atoms with Gasteiger partial charge in [0.2, 0.25) is 0 Å². The Labute approximate surface area is 178 Å². The summed E-state index contributed by atoms with van der Waals surface area (Å²) < 4.78 is 0.989. The van der Waals surface area contributed by atoms with E-state index in [1.165, 1.54) is 11.3 Å². The van der Waals surface area contributed by atoms with Crippen molar-refractivity contribution in [2.24, 2.45) is 0 Å². The van der Waals surface area contributed by atoms with Gasteiger partial charge in [-0.15, -0.1) is 11.3 Å². The number of nitrogens with one attached hydrogen (secondary N) is 1. The van der Waals surface area contributed by atoms with Gasteiger partial charge in [-0.25, -0.2) is 4.98 Å². The predicted molar refractivity (Wildman–Crippen MR) is 120 cm³/mol. The third-order valence-corrected chi connectivity index (χ3v) is 6.11. The Bertz CT molecular complexity index is 1250. The summed E-state index contributed by atoms with van der Waals surface area (Å²) in [4.78, 5) is 31.7. The van der Waals surface area contributed by atoms with Crippen LogP contribution in [0.3, 0.4) is 0 Å². The Balaban J connectivity index is 1.38. The second kappa shape index (κ2) is 7.72. The monoisotopic (exact) mass is 413 g/mol. The number of carbonyl (C=O) groups excluding carboxylic acids is 2. The van der Waals surface area contributed by atoms with Gasteiger partial charge in [-0.05, 0) is 66.9 Å². The van der Waals surface area contributed by atoms with Gasteiger partial charge in [-0.3, -0.25) is 9.59 Å². The normalized spacial score (nSPS) is 13.1. The van der Waals surface area contributed by atoms with Gasteiger partial charge >= 0.3 is 0 Å². The summed E-state index contributed by atoms with van der Waals surface area (Å²) in [6, 6.07) is 20.6. The molecule has 0 aliphatic carbocycles. The molecule has 1 aliphatic heterocycles. The largest absolute Gasteiger partial charge is 0.322 e. The molecule has 1 N–H and O–H groups in total. The average Bonchev–Trinajstić information content (AvgIpc) is 3.26. The van der Waals surface area contributed by atoms with Gasteiger partial charge in [0.1, 0.15) is 0 Å². The number of amides is 2. The van der Waals surface area contributed by atoms with Crippen molar-refractivity contribution in [2.75, 3.05) is 16.8 Å². The minimum Gasteiger partial charge on any atom is -0.322 e. The molecular formula is C24H19N3O2S. The van der Waals surface area contributed by atoms with Gasteiger partial charge in [0.25, 0.3) is 11.8 Å². The van der Waals surface area contributed by atoms with E-state index in [1.54, 1.807) is 11.6 Å². The van der Waals surface area contributed by atoms with Crippen molar-refractivity contribution in [3.8, 4) is 0 Å². The summed E-state index contributed by atoms with van der Waals surface area (Å²) >= 11 is 1.52. The molecule has 0 fully saturated rings. The molecule has 0 saturated carbocycles. The number of hydrogen-bond donors (Lipinski definition) is 1. The van der Waals surface area contributed by atoms with Gasteiger partial charge in [-0.1, -0.05) is 18.2 Å². The van der Waals surface area contributed by atoms with E-state index in [-0.39, 0.29) is 11.8 Å². The van der Waals surface area contributed by atoms with Gasteiger partial charge in [0.15, 0.2) is 0 Å². The maximum Gasteiger partial charge on any atom is 0.258 e. The highest BCUT2D eigenvalue weighted by Gasteiger charge is 2.24. The molecule has 1 aliphatic rings. The van der Waals surface area contributed by atoms with E-state index in [4.69, 9.17) is 0 Å². The highest BCUT2D eigenvalue weighted by molar-refractivity contribution is 7.16. The van der Waals surface area contributed by atoms with Crippen molar-refractivity contribution >= 4 is 44.7 Å². The smallest absolute Gasteiger partial charge is 0.258 e. The number of aromatic nitrogens is 1. The minimum absolute atomic E-state index is 0.00574. The number of fused-ring (bicyclic) bond motifs is 2. The zero-order valence-electron chi connectivity index (χ0n) is 16.2. The second-order valence-corrected chi connectivity index (χ2v) is 8.15. The maximum absolute atomic E-state index is 12.9. The summed E-state index contributed by atoms with van der Waals surface area (Å²) in [5.41, 5.74) is 6.68. The van der Waals surface area contributed by atoms with Crippen LogP contribution in [0.4, 0.5) is 11.4 Å². The number of thiazole rings is 1. The first-order chi connectivity index (χ1) is 14.7. The number of carbonyl (C=O) groups is 2. The lowest BCUT2D eigenvalue weighted by Crippen LogP contribution is -2.35. The fourth-order valence-electron chi connectivity index (χ4n) is 3.82. The van der Waals surface area contributed by atoms with Crippen LogP contribution in [-0.4, -0.2) is 23.3 Å². The SMILES string of the molecule is O=C(Nc1ccc2c(c1)CCCN2C(=O)c1ccccc1)c1ccc2ncsc2c1. The van der Waals surface area contributed by atoms with Gasteiger partial charge < -0.3 is 10.2 Å². The fraction of sp³-hybridized carbons (Fsp3) is 0.125. The number of hydrogen-bond acceptors (Lipinski definition) is 4. The van der Waals surface area contributed by atoms with Crippen molar-refractivity contribution in [3.63, 3.8) is 0 Å². The zero-order valence-corrected chi connectivity index (χ0v) is 17.0. The van der Waals surface area contributed by atoms with Gasteiger partial charge in [0, 0.05) is 29.0 Å². The first-order valence-corrected chi connectivity index (χ1v) is 10.7. The van der Waals surface area contributed by atoms with Crippen LogP contribution in [0.25, 0.3) is 10.2 Å². The van der Waals surface area contributed by atoms with Gasteiger partial charge in [0.05, 0.1) is 15.7 Å². The Hall–Kier alpha value is -3.51.